The van der Waals surface area contributed by atoms with Crippen molar-refractivity contribution in [3.05, 3.63) is 57.8 Å². The highest BCUT2D eigenvalue weighted by Gasteiger charge is 2.11. The summed E-state index contributed by atoms with van der Waals surface area (Å²) in [5, 5.41) is 3.42. The van der Waals surface area contributed by atoms with Crippen LogP contribution in [-0.4, -0.2) is 10.9 Å². The van der Waals surface area contributed by atoms with Crippen LogP contribution in [0.1, 0.15) is 15.9 Å². The Morgan fingerprint density at radius 2 is 2.12 bits per heavy atom. The number of aromatic nitrogens is 1. The minimum absolute atomic E-state index is 0.237. The third-order valence-electron chi connectivity index (χ3n) is 2.31. The summed E-state index contributed by atoms with van der Waals surface area (Å²) < 4.78 is 0. The molecule has 0 saturated carbocycles. The maximum atomic E-state index is 11.8. The standard InChI is InChI=1S/C12H10Cl2N2O/c13-10-3-1-2-9(11(10)14)12(17)16-7-8-4-5-15-6-8/h1-6,15H,7H2,(H,16,17). The first kappa shape index (κ1) is 12.0. The number of H-pyrrole nitrogens is 1. The summed E-state index contributed by atoms with van der Waals surface area (Å²) in [5.41, 5.74) is 1.38. The lowest BCUT2D eigenvalue weighted by Gasteiger charge is -2.06. The maximum Gasteiger partial charge on any atom is 0.253 e. The van der Waals surface area contributed by atoms with Gasteiger partial charge in [0.1, 0.15) is 0 Å². The van der Waals surface area contributed by atoms with E-state index in [2.05, 4.69) is 10.3 Å². The van der Waals surface area contributed by atoms with Crippen LogP contribution in [0.25, 0.3) is 0 Å². The lowest BCUT2D eigenvalue weighted by Crippen LogP contribution is -2.22. The third kappa shape index (κ3) is 2.81. The fraction of sp³-hybridized carbons (Fsp3) is 0.0833. The molecule has 0 saturated heterocycles. The van der Waals surface area contributed by atoms with E-state index >= 15 is 0 Å². The van der Waals surface area contributed by atoms with E-state index < -0.39 is 0 Å². The highest BCUT2D eigenvalue weighted by Crippen LogP contribution is 2.25. The molecular weight excluding hydrogens is 259 g/mol. The van der Waals surface area contributed by atoms with Gasteiger partial charge in [0, 0.05) is 18.9 Å². The Kier molecular flexibility index (Phi) is 3.71. The Bertz CT molecular complexity index is 523. The molecule has 88 valence electrons. The second-order valence-corrected chi connectivity index (χ2v) is 4.29. The van der Waals surface area contributed by atoms with Crippen LogP contribution in [0.4, 0.5) is 0 Å². The minimum Gasteiger partial charge on any atom is -0.367 e. The van der Waals surface area contributed by atoms with Crippen molar-refractivity contribution in [3.8, 4) is 0 Å². The van der Waals surface area contributed by atoms with Crippen molar-refractivity contribution in [2.24, 2.45) is 0 Å². The molecule has 0 unspecified atom stereocenters. The van der Waals surface area contributed by atoms with Crippen molar-refractivity contribution in [1.29, 1.82) is 0 Å². The van der Waals surface area contributed by atoms with Gasteiger partial charge >= 0.3 is 0 Å². The van der Waals surface area contributed by atoms with Gasteiger partial charge in [-0.3, -0.25) is 4.79 Å². The first-order chi connectivity index (χ1) is 8.18. The summed E-state index contributed by atoms with van der Waals surface area (Å²) in [6.07, 6.45) is 3.62. The van der Waals surface area contributed by atoms with Gasteiger partial charge in [0.05, 0.1) is 15.6 Å². The van der Waals surface area contributed by atoms with Gasteiger partial charge in [-0.05, 0) is 23.8 Å². The number of nitrogens with one attached hydrogen (secondary N) is 2. The molecule has 17 heavy (non-hydrogen) atoms. The number of amides is 1. The lowest BCUT2D eigenvalue weighted by atomic mass is 10.2. The lowest BCUT2D eigenvalue weighted by molar-refractivity contribution is 0.0951. The second kappa shape index (κ2) is 5.25. The molecule has 2 rings (SSSR count). The summed E-state index contributed by atoms with van der Waals surface area (Å²) in [5.74, 6) is -0.237. The third-order valence-corrected chi connectivity index (χ3v) is 3.13. The molecule has 1 aromatic carbocycles. The van der Waals surface area contributed by atoms with Gasteiger partial charge in [-0.15, -0.1) is 0 Å². The quantitative estimate of drug-likeness (QED) is 0.882. The topological polar surface area (TPSA) is 44.9 Å². The fourth-order valence-corrected chi connectivity index (χ4v) is 1.81. The Hall–Kier alpha value is -1.45. The highest BCUT2D eigenvalue weighted by atomic mass is 35.5. The van der Waals surface area contributed by atoms with Crippen molar-refractivity contribution < 1.29 is 4.79 Å². The van der Waals surface area contributed by atoms with Crippen molar-refractivity contribution in [2.45, 2.75) is 6.54 Å². The van der Waals surface area contributed by atoms with Crippen molar-refractivity contribution >= 4 is 29.1 Å². The number of hydrogen-bond donors (Lipinski definition) is 2. The van der Waals surface area contributed by atoms with Crippen molar-refractivity contribution in [2.75, 3.05) is 0 Å². The Morgan fingerprint density at radius 1 is 1.29 bits per heavy atom. The Labute approximate surface area is 109 Å². The molecule has 5 heteroatoms. The number of carbonyl (C=O) groups is 1. The van der Waals surface area contributed by atoms with Crippen LogP contribution in [0.5, 0.6) is 0 Å². The molecule has 0 bridgehead atoms. The van der Waals surface area contributed by atoms with Gasteiger partial charge in [0.15, 0.2) is 0 Å². The molecule has 3 nitrogen and oxygen atoms in total. The van der Waals surface area contributed by atoms with Gasteiger partial charge in [-0.2, -0.15) is 0 Å². The number of carbonyl (C=O) groups excluding carboxylic acids is 1. The molecule has 0 aliphatic rings. The van der Waals surface area contributed by atoms with Gasteiger partial charge < -0.3 is 10.3 Å². The summed E-state index contributed by atoms with van der Waals surface area (Å²) in [7, 11) is 0. The first-order valence-corrected chi connectivity index (χ1v) is 5.78. The summed E-state index contributed by atoms with van der Waals surface area (Å²) in [6.45, 7) is 0.450. The van der Waals surface area contributed by atoms with E-state index in [-0.39, 0.29) is 10.9 Å². The summed E-state index contributed by atoms with van der Waals surface area (Å²) >= 11 is 11.8. The predicted octanol–water partition coefficient (Wildman–Crippen LogP) is 3.25. The van der Waals surface area contributed by atoms with Crippen LogP contribution in [0, 0.1) is 0 Å². The Balaban J connectivity index is 2.07. The zero-order valence-electron chi connectivity index (χ0n) is 8.84. The van der Waals surface area contributed by atoms with Crippen LogP contribution < -0.4 is 5.32 Å². The fourth-order valence-electron chi connectivity index (χ4n) is 1.43. The molecule has 0 spiro atoms. The molecular formula is C12H10Cl2N2O. The largest absolute Gasteiger partial charge is 0.367 e. The van der Waals surface area contributed by atoms with E-state index in [9.17, 15) is 4.79 Å². The molecule has 0 aliphatic carbocycles. The van der Waals surface area contributed by atoms with Crippen LogP contribution in [0.2, 0.25) is 10.0 Å². The van der Waals surface area contributed by atoms with Crippen LogP contribution in [-0.2, 0) is 6.54 Å². The molecule has 0 radical (unpaired) electrons. The average molecular weight is 269 g/mol. The molecule has 0 aliphatic heterocycles. The van der Waals surface area contributed by atoms with Gasteiger partial charge in [0.25, 0.3) is 5.91 Å². The second-order valence-electron chi connectivity index (χ2n) is 3.50. The zero-order valence-corrected chi connectivity index (χ0v) is 10.3. The van der Waals surface area contributed by atoms with Crippen molar-refractivity contribution in [3.63, 3.8) is 0 Å². The molecule has 0 fully saturated rings. The number of rotatable bonds is 3. The van der Waals surface area contributed by atoms with Gasteiger partial charge in [-0.1, -0.05) is 29.3 Å². The van der Waals surface area contributed by atoms with Gasteiger partial charge in [0.2, 0.25) is 0 Å². The minimum atomic E-state index is -0.237. The van der Waals surface area contributed by atoms with E-state index in [4.69, 9.17) is 23.2 Å². The van der Waals surface area contributed by atoms with E-state index in [1.54, 1.807) is 24.4 Å². The Morgan fingerprint density at radius 3 is 2.82 bits per heavy atom. The van der Waals surface area contributed by atoms with Crippen molar-refractivity contribution in [1.82, 2.24) is 10.3 Å². The highest BCUT2D eigenvalue weighted by molar-refractivity contribution is 6.43. The first-order valence-electron chi connectivity index (χ1n) is 5.02. The molecule has 0 atom stereocenters. The van der Waals surface area contributed by atoms with Crippen LogP contribution >= 0.6 is 23.2 Å². The zero-order chi connectivity index (χ0) is 12.3. The monoisotopic (exact) mass is 268 g/mol. The molecule has 1 heterocycles. The predicted molar refractivity (Wildman–Crippen MR) is 68.4 cm³/mol. The van der Waals surface area contributed by atoms with Crippen LogP contribution in [0.15, 0.2) is 36.7 Å². The van der Waals surface area contributed by atoms with E-state index in [0.717, 1.165) is 5.56 Å². The number of halogens is 2. The van der Waals surface area contributed by atoms with Gasteiger partial charge in [-0.25, -0.2) is 0 Å². The number of hydrogen-bond acceptors (Lipinski definition) is 1. The maximum absolute atomic E-state index is 11.8. The summed E-state index contributed by atoms with van der Waals surface area (Å²) in [4.78, 5) is 14.8. The number of benzene rings is 1. The number of aromatic amines is 1. The normalized spacial score (nSPS) is 10.2. The van der Waals surface area contributed by atoms with Crippen LogP contribution in [0.3, 0.4) is 0 Å². The SMILES string of the molecule is O=C(NCc1cc[nH]c1)c1cccc(Cl)c1Cl. The average Bonchev–Trinajstić information content (AvgIpc) is 2.82. The van der Waals surface area contributed by atoms with E-state index in [1.807, 2.05) is 12.3 Å². The summed E-state index contributed by atoms with van der Waals surface area (Å²) in [6, 6.07) is 6.87. The molecule has 2 aromatic rings. The van der Waals surface area contributed by atoms with E-state index in [1.165, 1.54) is 0 Å². The molecule has 1 amide bonds. The smallest absolute Gasteiger partial charge is 0.253 e. The molecule has 1 aromatic heterocycles. The molecule has 2 N–H and O–H groups in total. The van der Waals surface area contributed by atoms with E-state index in [0.29, 0.717) is 17.1 Å².